The van der Waals surface area contributed by atoms with E-state index in [0.717, 1.165) is 38.0 Å². The van der Waals surface area contributed by atoms with E-state index in [0.29, 0.717) is 6.54 Å². The lowest BCUT2D eigenvalue weighted by Gasteiger charge is -2.30. The zero-order valence-electron chi connectivity index (χ0n) is 11.7. The number of benzene rings is 1. The molecule has 0 radical (unpaired) electrons. The summed E-state index contributed by atoms with van der Waals surface area (Å²) in [6.07, 6.45) is 4.75. The van der Waals surface area contributed by atoms with Gasteiger partial charge in [0.15, 0.2) is 6.61 Å². The fourth-order valence-corrected chi connectivity index (χ4v) is 3.06. The number of piperidine rings is 1. The van der Waals surface area contributed by atoms with E-state index in [4.69, 9.17) is 4.74 Å². The third kappa shape index (κ3) is 2.96. The Hall–Kier alpha value is -1.55. The van der Waals surface area contributed by atoms with Crippen LogP contribution in [-0.4, -0.2) is 41.7 Å². The van der Waals surface area contributed by atoms with E-state index >= 15 is 0 Å². The number of aryl methyl sites for hydroxylation is 2. The van der Waals surface area contributed by atoms with Crippen molar-refractivity contribution in [3.8, 4) is 5.75 Å². The van der Waals surface area contributed by atoms with Crippen molar-refractivity contribution in [2.75, 3.05) is 19.7 Å². The van der Waals surface area contributed by atoms with Crippen LogP contribution in [0.2, 0.25) is 0 Å². The van der Waals surface area contributed by atoms with Gasteiger partial charge in [0.05, 0.1) is 6.10 Å². The summed E-state index contributed by atoms with van der Waals surface area (Å²) in [5, 5.41) is 9.58. The fourth-order valence-electron chi connectivity index (χ4n) is 3.06. The van der Waals surface area contributed by atoms with Crippen LogP contribution >= 0.6 is 0 Å². The molecule has 1 amide bonds. The van der Waals surface area contributed by atoms with Gasteiger partial charge in [-0.1, -0.05) is 6.07 Å². The zero-order chi connectivity index (χ0) is 13.9. The van der Waals surface area contributed by atoms with E-state index < -0.39 is 0 Å². The summed E-state index contributed by atoms with van der Waals surface area (Å²) in [6.45, 7) is 1.22. The molecular formula is C16H21NO3. The maximum absolute atomic E-state index is 12.0. The summed E-state index contributed by atoms with van der Waals surface area (Å²) in [7, 11) is 0. The minimum absolute atomic E-state index is 0.0377. The van der Waals surface area contributed by atoms with E-state index in [-0.39, 0.29) is 18.6 Å². The number of β-amino-alcohol motifs (C(OH)–C–C–N with tert-alkyl or cyclic N) is 1. The minimum atomic E-state index is -0.382. The summed E-state index contributed by atoms with van der Waals surface area (Å²) in [6, 6.07) is 6.11. The number of hydrogen-bond donors (Lipinski definition) is 1. The summed E-state index contributed by atoms with van der Waals surface area (Å²) in [4.78, 5) is 13.7. The van der Waals surface area contributed by atoms with Gasteiger partial charge in [0, 0.05) is 13.1 Å². The quantitative estimate of drug-likeness (QED) is 0.910. The Morgan fingerprint density at radius 2 is 2.15 bits per heavy atom. The summed E-state index contributed by atoms with van der Waals surface area (Å²) < 4.78 is 5.61. The van der Waals surface area contributed by atoms with Gasteiger partial charge in [0.25, 0.3) is 5.91 Å². The number of likely N-dealkylation sites (tertiary alicyclic amines) is 1. The van der Waals surface area contributed by atoms with Crippen LogP contribution in [0.25, 0.3) is 0 Å². The molecule has 1 aliphatic heterocycles. The average molecular weight is 275 g/mol. The molecule has 1 N–H and O–H groups in total. The summed E-state index contributed by atoms with van der Waals surface area (Å²) >= 11 is 0. The minimum Gasteiger partial charge on any atom is -0.484 e. The molecule has 20 heavy (non-hydrogen) atoms. The van der Waals surface area contributed by atoms with Gasteiger partial charge in [-0.2, -0.15) is 0 Å². The maximum atomic E-state index is 12.0. The van der Waals surface area contributed by atoms with Crippen LogP contribution < -0.4 is 4.74 Å². The molecule has 1 aromatic rings. The number of aliphatic hydroxyl groups excluding tert-OH is 1. The SMILES string of the molecule is O=C(COc1ccc2c(c1)CCC2)N1CCCC(O)C1. The van der Waals surface area contributed by atoms with Gasteiger partial charge < -0.3 is 14.7 Å². The van der Waals surface area contributed by atoms with Crippen LogP contribution in [0.5, 0.6) is 5.75 Å². The van der Waals surface area contributed by atoms with Gasteiger partial charge >= 0.3 is 0 Å². The first kappa shape index (κ1) is 13.4. The summed E-state index contributed by atoms with van der Waals surface area (Å²) in [5.74, 6) is 0.737. The van der Waals surface area contributed by atoms with Crippen molar-refractivity contribution >= 4 is 5.91 Å². The molecule has 4 nitrogen and oxygen atoms in total. The molecule has 1 atom stereocenters. The second kappa shape index (κ2) is 5.83. The third-order valence-electron chi connectivity index (χ3n) is 4.18. The van der Waals surface area contributed by atoms with Gasteiger partial charge in [0.2, 0.25) is 0 Å². The first-order chi connectivity index (χ1) is 9.72. The smallest absolute Gasteiger partial charge is 0.260 e. The molecule has 1 fully saturated rings. The fraction of sp³-hybridized carbons (Fsp3) is 0.562. The first-order valence-corrected chi connectivity index (χ1v) is 7.43. The van der Waals surface area contributed by atoms with Gasteiger partial charge in [0.1, 0.15) is 5.75 Å². The topological polar surface area (TPSA) is 49.8 Å². The van der Waals surface area contributed by atoms with E-state index in [2.05, 4.69) is 12.1 Å². The normalized spacial score (nSPS) is 21.6. The van der Waals surface area contributed by atoms with E-state index in [9.17, 15) is 9.90 Å². The molecule has 3 rings (SSSR count). The van der Waals surface area contributed by atoms with Gasteiger partial charge in [-0.3, -0.25) is 4.79 Å². The monoisotopic (exact) mass is 275 g/mol. The molecular weight excluding hydrogens is 254 g/mol. The Bertz CT molecular complexity index is 500. The van der Waals surface area contributed by atoms with E-state index in [1.165, 1.54) is 17.5 Å². The van der Waals surface area contributed by atoms with Crippen molar-refractivity contribution in [1.29, 1.82) is 0 Å². The molecule has 1 aromatic carbocycles. The second-order valence-electron chi connectivity index (χ2n) is 5.71. The van der Waals surface area contributed by atoms with Crippen molar-refractivity contribution < 1.29 is 14.6 Å². The molecule has 1 unspecified atom stereocenters. The number of rotatable bonds is 3. The van der Waals surface area contributed by atoms with Crippen LogP contribution in [0.3, 0.4) is 0 Å². The maximum Gasteiger partial charge on any atom is 0.260 e. The van der Waals surface area contributed by atoms with Crippen LogP contribution in [0, 0.1) is 0 Å². The van der Waals surface area contributed by atoms with Gasteiger partial charge in [-0.05, 0) is 55.4 Å². The lowest BCUT2D eigenvalue weighted by molar-refractivity contribution is -0.136. The number of aliphatic hydroxyl groups is 1. The lowest BCUT2D eigenvalue weighted by Crippen LogP contribution is -2.44. The lowest BCUT2D eigenvalue weighted by atomic mass is 10.1. The van der Waals surface area contributed by atoms with Crippen molar-refractivity contribution in [1.82, 2.24) is 4.90 Å². The van der Waals surface area contributed by atoms with E-state index in [1.807, 2.05) is 6.07 Å². The van der Waals surface area contributed by atoms with Crippen molar-refractivity contribution in [2.24, 2.45) is 0 Å². The zero-order valence-corrected chi connectivity index (χ0v) is 11.7. The predicted octanol–water partition coefficient (Wildman–Crippen LogP) is 1.54. The highest BCUT2D eigenvalue weighted by Crippen LogP contribution is 2.26. The first-order valence-electron chi connectivity index (χ1n) is 7.43. The number of ether oxygens (including phenoxy) is 1. The molecule has 1 heterocycles. The number of amides is 1. The molecule has 1 saturated heterocycles. The number of nitrogens with zero attached hydrogens (tertiary/aromatic N) is 1. The van der Waals surface area contributed by atoms with Crippen LogP contribution in [0.4, 0.5) is 0 Å². The second-order valence-corrected chi connectivity index (χ2v) is 5.71. The average Bonchev–Trinajstić information content (AvgIpc) is 2.92. The molecule has 4 heteroatoms. The van der Waals surface area contributed by atoms with Crippen molar-refractivity contribution in [3.05, 3.63) is 29.3 Å². The predicted molar refractivity (Wildman–Crippen MR) is 75.8 cm³/mol. The van der Waals surface area contributed by atoms with Crippen molar-refractivity contribution in [3.63, 3.8) is 0 Å². The number of carbonyl (C=O) groups is 1. The summed E-state index contributed by atoms with van der Waals surface area (Å²) in [5.41, 5.74) is 2.76. The highest BCUT2D eigenvalue weighted by Gasteiger charge is 2.22. The molecule has 1 aliphatic carbocycles. The Labute approximate surface area is 119 Å². The van der Waals surface area contributed by atoms with E-state index in [1.54, 1.807) is 4.90 Å². The molecule has 2 aliphatic rings. The Balaban J connectivity index is 1.55. The standard InChI is InChI=1S/C16H21NO3/c18-14-5-2-8-17(10-14)16(19)11-20-15-7-6-12-3-1-4-13(12)9-15/h6-7,9,14,18H,1-5,8,10-11H2. The number of carbonyl (C=O) groups excluding carboxylic acids is 1. The van der Waals surface area contributed by atoms with Gasteiger partial charge in [-0.25, -0.2) is 0 Å². The molecule has 0 bridgehead atoms. The molecule has 0 spiro atoms. The number of hydrogen-bond acceptors (Lipinski definition) is 3. The molecule has 108 valence electrons. The van der Waals surface area contributed by atoms with Crippen LogP contribution in [0.1, 0.15) is 30.4 Å². The Morgan fingerprint density at radius 1 is 1.30 bits per heavy atom. The van der Waals surface area contributed by atoms with Gasteiger partial charge in [-0.15, -0.1) is 0 Å². The van der Waals surface area contributed by atoms with Crippen LogP contribution in [-0.2, 0) is 17.6 Å². The highest BCUT2D eigenvalue weighted by molar-refractivity contribution is 5.77. The Kier molecular flexibility index (Phi) is 3.92. The number of fused-ring (bicyclic) bond motifs is 1. The largest absolute Gasteiger partial charge is 0.484 e. The molecule has 0 saturated carbocycles. The molecule has 0 aromatic heterocycles. The van der Waals surface area contributed by atoms with Crippen LogP contribution in [0.15, 0.2) is 18.2 Å². The third-order valence-corrected chi connectivity index (χ3v) is 4.18. The highest BCUT2D eigenvalue weighted by atomic mass is 16.5. The Morgan fingerprint density at radius 3 is 3.00 bits per heavy atom. The van der Waals surface area contributed by atoms with Crippen molar-refractivity contribution in [2.45, 2.75) is 38.2 Å².